The fraction of sp³-hybridized carbons (Fsp3) is 0.200. The van der Waals surface area contributed by atoms with E-state index in [9.17, 15) is 9.59 Å². The lowest BCUT2D eigenvalue weighted by Crippen LogP contribution is -2.28. The number of carbonyl (C=O) groups is 2. The molecule has 1 aliphatic heterocycles. The SMILES string of the molecule is Cc1ccc(N2C(=O)CS[C@H]2c2ccccc2NC(=O)CCc2ccccc2)cc1. The van der Waals surface area contributed by atoms with Gasteiger partial charge in [-0.15, -0.1) is 11.8 Å². The smallest absolute Gasteiger partial charge is 0.238 e. The maximum atomic E-state index is 12.7. The molecule has 1 heterocycles. The molecule has 0 bridgehead atoms. The summed E-state index contributed by atoms with van der Waals surface area (Å²) >= 11 is 1.59. The van der Waals surface area contributed by atoms with E-state index in [1.807, 2.05) is 90.7 Å². The summed E-state index contributed by atoms with van der Waals surface area (Å²) in [6, 6.07) is 25.7. The molecule has 3 aromatic rings. The molecule has 30 heavy (non-hydrogen) atoms. The number of rotatable bonds is 6. The van der Waals surface area contributed by atoms with Crippen molar-refractivity contribution >= 4 is 35.0 Å². The lowest BCUT2D eigenvalue weighted by atomic mass is 10.1. The van der Waals surface area contributed by atoms with Crippen LogP contribution in [0.5, 0.6) is 0 Å². The third-order valence-electron chi connectivity index (χ3n) is 5.16. The highest BCUT2D eigenvalue weighted by atomic mass is 32.2. The van der Waals surface area contributed by atoms with Crippen molar-refractivity contribution in [3.05, 3.63) is 95.6 Å². The van der Waals surface area contributed by atoms with Crippen LogP contribution in [0.2, 0.25) is 0 Å². The lowest BCUT2D eigenvalue weighted by Gasteiger charge is -2.26. The Morgan fingerprint density at radius 2 is 1.70 bits per heavy atom. The number of benzene rings is 3. The Morgan fingerprint density at radius 1 is 1.00 bits per heavy atom. The van der Waals surface area contributed by atoms with Gasteiger partial charge in [-0.05, 0) is 37.1 Å². The van der Waals surface area contributed by atoms with Crippen molar-refractivity contribution in [2.75, 3.05) is 16.0 Å². The predicted molar refractivity (Wildman–Crippen MR) is 124 cm³/mol. The van der Waals surface area contributed by atoms with Gasteiger partial charge in [-0.25, -0.2) is 0 Å². The molecule has 0 aliphatic carbocycles. The van der Waals surface area contributed by atoms with Crippen LogP contribution in [0, 0.1) is 6.92 Å². The Balaban J connectivity index is 1.52. The Kier molecular flexibility index (Phi) is 6.19. The van der Waals surface area contributed by atoms with Gasteiger partial charge >= 0.3 is 0 Å². The summed E-state index contributed by atoms with van der Waals surface area (Å²) in [5.41, 5.74) is 4.89. The molecule has 0 radical (unpaired) electrons. The molecule has 3 aromatic carbocycles. The molecule has 1 fully saturated rings. The average Bonchev–Trinajstić information content (AvgIpc) is 3.15. The van der Waals surface area contributed by atoms with Crippen molar-refractivity contribution in [2.24, 2.45) is 0 Å². The Hall–Kier alpha value is -3.05. The number of hydrogen-bond donors (Lipinski definition) is 1. The molecule has 0 spiro atoms. The molecular formula is C25H24N2O2S. The van der Waals surface area contributed by atoms with Crippen molar-refractivity contribution in [1.29, 1.82) is 0 Å². The molecule has 5 heteroatoms. The lowest BCUT2D eigenvalue weighted by molar-refractivity contribution is -0.116. The summed E-state index contributed by atoms with van der Waals surface area (Å²) < 4.78 is 0. The van der Waals surface area contributed by atoms with Crippen LogP contribution in [0.15, 0.2) is 78.9 Å². The van der Waals surface area contributed by atoms with Crippen molar-refractivity contribution in [3.8, 4) is 0 Å². The number of anilines is 2. The normalized spacial score (nSPS) is 16.0. The summed E-state index contributed by atoms with van der Waals surface area (Å²) in [6.07, 6.45) is 1.11. The standard InChI is InChI=1S/C25H24N2O2S/c1-18-11-14-20(15-12-18)27-24(29)17-30-25(27)21-9-5-6-10-22(21)26-23(28)16-13-19-7-3-2-4-8-19/h2-12,14-15,25H,13,16-17H2,1H3,(H,26,28)/t25-/m0/s1. The second-order valence-corrected chi connectivity index (χ2v) is 8.45. The highest BCUT2D eigenvalue weighted by molar-refractivity contribution is 8.00. The van der Waals surface area contributed by atoms with Crippen molar-refractivity contribution in [3.63, 3.8) is 0 Å². The van der Waals surface area contributed by atoms with E-state index < -0.39 is 0 Å². The van der Waals surface area contributed by atoms with E-state index in [1.54, 1.807) is 11.8 Å². The first-order valence-electron chi connectivity index (χ1n) is 10.0. The maximum Gasteiger partial charge on any atom is 0.238 e. The first-order chi connectivity index (χ1) is 14.6. The Morgan fingerprint density at radius 3 is 2.47 bits per heavy atom. The number of nitrogens with zero attached hydrogens (tertiary/aromatic N) is 1. The van der Waals surface area contributed by atoms with Crippen molar-refractivity contribution in [1.82, 2.24) is 0 Å². The van der Waals surface area contributed by atoms with E-state index in [0.717, 1.165) is 28.1 Å². The van der Waals surface area contributed by atoms with Crippen LogP contribution in [-0.4, -0.2) is 17.6 Å². The van der Waals surface area contributed by atoms with Crippen LogP contribution in [0.4, 0.5) is 11.4 Å². The van der Waals surface area contributed by atoms with E-state index in [2.05, 4.69) is 5.32 Å². The summed E-state index contributed by atoms with van der Waals surface area (Å²) in [4.78, 5) is 27.1. The zero-order valence-corrected chi connectivity index (χ0v) is 17.7. The van der Waals surface area contributed by atoms with Crippen molar-refractivity contribution < 1.29 is 9.59 Å². The van der Waals surface area contributed by atoms with Crippen LogP contribution in [-0.2, 0) is 16.0 Å². The van der Waals surface area contributed by atoms with Gasteiger partial charge in [0, 0.05) is 23.4 Å². The van der Waals surface area contributed by atoms with Crippen molar-refractivity contribution in [2.45, 2.75) is 25.1 Å². The van der Waals surface area contributed by atoms with Gasteiger partial charge in [0.05, 0.1) is 5.75 Å². The Labute approximate surface area is 181 Å². The molecular weight excluding hydrogens is 392 g/mol. The third-order valence-corrected chi connectivity index (χ3v) is 6.36. The van der Waals surface area contributed by atoms with Gasteiger partial charge in [-0.1, -0.05) is 66.2 Å². The molecule has 4 rings (SSSR count). The fourth-order valence-corrected chi connectivity index (χ4v) is 4.79. The number of amides is 2. The van der Waals surface area contributed by atoms with E-state index >= 15 is 0 Å². The molecule has 0 unspecified atom stereocenters. The highest BCUT2D eigenvalue weighted by Crippen LogP contribution is 2.44. The van der Waals surface area contributed by atoms with Gasteiger partial charge in [-0.3, -0.25) is 14.5 Å². The molecule has 0 saturated carbocycles. The summed E-state index contributed by atoms with van der Waals surface area (Å²) in [5.74, 6) is 0.482. The topological polar surface area (TPSA) is 49.4 Å². The van der Waals surface area contributed by atoms with E-state index in [1.165, 1.54) is 0 Å². The monoisotopic (exact) mass is 416 g/mol. The van der Waals surface area contributed by atoms with Gasteiger partial charge in [-0.2, -0.15) is 0 Å². The Bertz CT molecular complexity index is 1030. The number of carbonyl (C=O) groups excluding carboxylic acids is 2. The third kappa shape index (κ3) is 4.57. The van der Waals surface area contributed by atoms with Gasteiger partial charge in [0.1, 0.15) is 5.37 Å². The van der Waals surface area contributed by atoms with Gasteiger partial charge in [0.2, 0.25) is 11.8 Å². The summed E-state index contributed by atoms with van der Waals surface area (Å²) in [5, 5.41) is 2.90. The fourth-order valence-electron chi connectivity index (χ4n) is 3.58. The van der Waals surface area contributed by atoms with Crippen LogP contribution < -0.4 is 10.2 Å². The minimum atomic E-state index is -0.161. The number of nitrogens with one attached hydrogen (secondary N) is 1. The zero-order valence-electron chi connectivity index (χ0n) is 16.9. The van der Waals surface area contributed by atoms with E-state index in [0.29, 0.717) is 18.6 Å². The van der Waals surface area contributed by atoms with Gasteiger partial charge in [0.25, 0.3) is 0 Å². The molecule has 1 atom stereocenters. The predicted octanol–water partition coefficient (Wildman–Crippen LogP) is 5.34. The minimum Gasteiger partial charge on any atom is -0.326 e. The van der Waals surface area contributed by atoms with E-state index in [-0.39, 0.29) is 17.2 Å². The number of aryl methyl sites for hydroxylation is 2. The van der Waals surface area contributed by atoms with Gasteiger partial charge in [0.15, 0.2) is 0 Å². The second-order valence-electron chi connectivity index (χ2n) is 7.38. The average molecular weight is 417 g/mol. The highest BCUT2D eigenvalue weighted by Gasteiger charge is 2.35. The zero-order chi connectivity index (χ0) is 20.9. The van der Waals surface area contributed by atoms with Gasteiger partial charge < -0.3 is 5.32 Å². The molecule has 2 amide bonds. The van der Waals surface area contributed by atoms with Crippen LogP contribution in [0.1, 0.15) is 28.5 Å². The number of thioether (sulfide) groups is 1. The molecule has 1 N–H and O–H groups in total. The van der Waals surface area contributed by atoms with Crippen LogP contribution in [0.3, 0.4) is 0 Å². The first kappa shape index (κ1) is 20.2. The minimum absolute atomic E-state index is 0.0255. The summed E-state index contributed by atoms with van der Waals surface area (Å²) in [7, 11) is 0. The molecule has 0 aromatic heterocycles. The first-order valence-corrected chi connectivity index (χ1v) is 11.1. The second kappa shape index (κ2) is 9.18. The number of hydrogen-bond acceptors (Lipinski definition) is 3. The van der Waals surface area contributed by atoms with Crippen LogP contribution >= 0.6 is 11.8 Å². The van der Waals surface area contributed by atoms with Crippen LogP contribution in [0.25, 0.3) is 0 Å². The summed E-state index contributed by atoms with van der Waals surface area (Å²) in [6.45, 7) is 2.03. The molecule has 1 aliphatic rings. The van der Waals surface area contributed by atoms with E-state index in [4.69, 9.17) is 0 Å². The quantitative estimate of drug-likeness (QED) is 0.590. The largest absolute Gasteiger partial charge is 0.326 e. The number of para-hydroxylation sites is 1. The molecule has 1 saturated heterocycles. The molecule has 4 nitrogen and oxygen atoms in total. The molecule has 152 valence electrons. The maximum absolute atomic E-state index is 12.7.